The summed E-state index contributed by atoms with van der Waals surface area (Å²) in [6.07, 6.45) is 2.84. The van der Waals surface area contributed by atoms with Crippen LogP contribution < -0.4 is 5.73 Å². The van der Waals surface area contributed by atoms with Crippen LogP contribution in [0.2, 0.25) is 0 Å². The standard InChI is InChI=1S/C6H5NO2.C3H9N/c8-6(9)5-2-1-3-7-4-5;1-3(2)4/h1-4H,(H,8,9);3H,4H2,1-2H3. The van der Waals surface area contributed by atoms with Crippen molar-refractivity contribution >= 4 is 5.97 Å². The lowest BCUT2D eigenvalue weighted by atomic mass is 10.3. The van der Waals surface area contributed by atoms with E-state index in [1.54, 1.807) is 6.07 Å². The van der Waals surface area contributed by atoms with Gasteiger partial charge in [-0.15, -0.1) is 0 Å². The minimum Gasteiger partial charge on any atom is -0.478 e. The topological polar surface area (TPSA) is 76.2 Å². The maximum Gasteiger partial charge on any atom is 0.337 e. The molecular weight excluding hydrogens is 168 g/mol. The fourth-order valence-electron chi connectivity index (χ4n) is 0.489. The van der Waals surface area contributed by atoms with Crippen LogP contribution in [-0.2, 0) is 0 Å². The molecule has 1 rings (SSSR count). The summed E-state index contributed by atoms with van der Waals surface area (Å²) in [5, 5.41) is 8.34. The third-order valence-electron chi connectivity index (χ3n) is 0.908. The Hall–Kier alpha value is -1.42. The summed E-state index contributed by atoms with van der Waals surface area (Å²) in [7, 11) is 0. The summed E-state index contributed by atoms with van der Waals surface area (Å²) in [4.78, 5) is 13.8. The molecule has 0 radical (unpaired) electrons. The highest BCUT2D eigenvalue weighted by atomic mass is 16.4. The lowest BCUT2D eigenvalue weighted by Crippen LogP contribution is -2.06. The predicted octanol–water partition coefficient (Wildman–Crippen LogP) is 1.13. The first-order chi connectivity index (χ1) is 6.04. The van der Waals surface area contributed by atoms with Crippen LogP contribution in [0.1, 0.15) is 24.2 Å². The second-order valence-corrected chi connectivity index (χ2v) is 2.79. The number of carboxylic acid groups (broad SMARTS) is 1. The first-order valence-corrected chi connectivity index (χ1v) is 3.93. The van der Waals surface area contributed by atoms with E-state index in [1.807, 2.05) is 13.8 Å². The van der Waals surface area contributed by atoms with E-state index in [1.165, 1.54) is 18.5 Å². The molecule has 72 valence electrons. The van der Waals surface area contributed by atoms with Gasteiger partial charge in [-0.05, 0) is 18.2 Å². The largest absolute Gasteiger partial charge is 0.478 e. The van der Waals surface area contributed by atoms with Crippen molar-refractivity contribution in [1.82, 2.24) is 4.98 Å². The fourth-order valence-corrected chi connectivity index (χ4v) is 0.489. The van der Waals surface area contributed by atoms with Gasteiger partial charge in [0, 0.05) is 12.4 Å². The molecule has 0 aliphatic carbocycles. The Balaban J connectivity index is 0.000000310. The Bertz CT molecular complexity index is 244. The van der Waals surface area contributed by atoms with Gasteiger partial charge in [-0.3, -0.25) is 4.98 Å². The maximum absolute atomic E-state index is 10.2. The van der Waals surface area contributed by atoms with Crippen molar-refractivity contribution in [3.8, 4) is 0 Å². The molecule has 0 unspecified atom stereocenters. The normalized spacial score (nSPS) is 8.92. The Morgan fingerprint density at radius 3 is 2.38 bits per heavy atom. The number of carbonyl (C=O) groups is 1. The van der Waals surface area contributed by atoms with Crippen molar-refractivity contribution in [2.75, 3.05) is 0 Å². The number of aromatic carboxylic acids is 1. The molecule has 0 fully saturated rings. The van der Waals surface area contributed by atoms with Crippen molar-refractivity contribution in [2.45, 2.75) is 19.9 Å². The van der Waals surface area contributed by atoms with Gasteiger partial charge in [-0.2, -0.15) is 0 Å². The van der Waals surface area contributed by atoms with E-state index in [9.17, 15) is 4.79 Å². The van der Waals surface area contributed by atoms with Crippen molar-refractivity contribution in [3.05, 3.63) is 30.1 Å². The van der Waals surface area contributed by atoms with Gasteiger partial charge in [-0.25, -0.2) is 4.79 Å². The van der Waals surface area contributed by atoms with Crippen molar-refractivity contribution in [2.24, 2.45) is 5.73 Å². The minimum absolute atomic E-state index is 0.220. The zero-order chi connectivity index (χ0) is 10.3. The third kappa shape index (κ3) is 6.96. The average molecular weight is 182 g/mol. The summed E-state index contributed by atoms with van der Waals surface area (Å²) in [5.41, 5.74) is 5.33. The summed E-state index contributed by atoms with van der Waals surface area (Å²) in [6, 6.07) is 3.42. The molecule has 0 aromatic carbocycles. The van der Waals surface area contributed by atoms with Crippen LogP contribution in [0.4, 0.5) is 0 Å². The van der Waals surface area contributed by atoms with Gasteiger partial charge in [0.25, 0.3) is 0 Å². The highest BCUT2D eigenvalue weighted by molar-refractivity contribution is 5.86. The molecule has 1 aromatic heterocycles. The molecule has 4 nitrogen and oxygen atoms in total. The van der Waals surface area contributed by atoms with E-state index in [0.717, 1.165) is 0 Å². The van der Waals surface area contributed by atoms with Crippen molar-refractivity contribution in [3.63, 3.8) is 0 Å². The first-order valence-electron chi connectivity index (χ1n) is 3.93. The van der Waals surface area contributed by atoms with E-state index in [4.69, 9.17) is 10.8 Å². The Kier molecular flexibility index (Phi) is 5.47. The number of pyridine rings is 1. The smallest absolute Gasteiger partial charge is 0.337 e. The van der Waals surface area contributed by atoms with Crippen molar-refractivity contribution in [1.29, 1.82) is 0 Å². The molecule has 0 aliphatic rings. The molecule has 0 bridgehead atoms. The number of hydrogen-bond acceptors (Lipinski definition) is 3. The molecular formula is C9H14N2O2. The summed E-state index contributed by atoms with van der Waals surface area (Å²) in [6.45, 7) is 3.89. The minimum atomic E-state index is -0.942. The van der Waals surface area contributed by atoms with Gasteiger partial charge in [-0.1, -0.05) is 13.8 Å². The number of nitrogens with two attached hydrogens (primary N) is 1. The van der Waals surface area contributed by atoms with Gasteiger partial charge in [0.05, 0.1) is 5.56 Å². The van der Waals surface area contributed by atoms with Gasteiger partial charge in [0.2, 0.25) is 0 Å². The molecule has 0 atom stereocenters. The second kappa shape index (κ2) is 6.14. The number of carboxylic acids is 1. The van der Waals surface area contributed by atoms with Crippen LogP contribution in [0.3, 0.4) is 0 Å². The molecule has 0 saturated carbocycles. The molecule has 1 heterocycles. The van der Waals surface area contributed by atoms with Crippen molar-refractivity contribution < 1.29 is 9.90 Å². The lowest BCUT2D eigenvalue weighted by Gasteiger charge is -1.87. The van der Waals surface area contributed by atoms with Gasteiger partial charge >= 0.3 is 5.97 Å². The monoisotopic (exact) mass is 182 g/mol. The van der Waals surface area contributed by atoms with Crippen LogP contribution >= 0.6 is 0 Å². The van der Waals surface area contributed by atoms with Crippen LogP contribution in [0, 0.1) is 0 Å². The number of rotatable bonds is 1. The summed E-state index contributed by atoms with van der Waals surface area (Å²) in [5.74, 6) is -0.942. The van der Waals surface area contributed by atoms with E-state index >= 15 is 0 Å². The third-order valence-corrected chi connectivity index (χ3v) is 0.908. The molecule has 4 heteroatoms. The van der Waals surface area contributed by atoms with Gasteiger partial charge in [0.1, 0.15) is 0 Å². The number of nitrogens with zero attached hydrogens (tertiary/aromatic N) is 1. The number of aromatic nitrogens is 1. The zero-order valence-electron chi connectivity index (χ0n) is 7.77. The highest BCUT2D eigenvalue weighted by Gasteiger charge is 1.97. The lowest BCUT2D eigenvalue weighted by molar-refractivity contribution is 0.0696. The van der Waals surface area contributed by atoms with E-state index in [-0.39, 0.29) is 5.56 Å². The van der Waals surface area contributed by atoms with E-state index < -0.39 is 5.97 Å². The maximum atomic E-state index is 10.2. The Labute approximate surface area is 77.4 Å². The first kappa shape index (κ1) is 11.6. The van der Waals surface area contributed by atoms with Crippen LogP contribution in [0.15, 0.2) is 24.5 Å². The Morgan fingerprint density at radius 2 is 2.15 bits per heavy atom. The Morgan fingerprint density at radius 1 is 1.62 bits per heavy atom. The molecule has 13 heavy (non-hydrogen) atoms. The quantitative estimate of drug-likeness (QED) is 0.682. The predicted molar refractivity (Wildman–Crippen MR) is 50.5 cm³/mol. The zero-order valence-corrected chi connectivity index (χ0v) is 7.77. The van der Waals surface area contributed by atoms with Crippen LogP contribution in [0.5, 0.6) is 0 Å². The molecule has 0 amide bonds. The molecule has 1 aromatic rings. The highest BCUT2D eigenvalue weighted by Crippen LogP contribution is 1.92. The average Bonchev–Trinajstić information content (AvgIpc) is 2.05. The molecule has 0 saturated heterocycles. The summed E-state index contributed by atoms with van der Waals surface area (Å²) < 4.78 is 0. The van der Waals surface area contributed by atoms with Gasteiger partial charge < -0.3 is 10.8 Å². The van der Waals surface area contributed by atoms with E-state index in [0.29, 0.717) is 6.04 Å². The van der Waals surface area contributed by atoms with Crippen LogP contribution in [-0.4, -0.2) is 22.1 Å². The van der Waals surface area contributed by atoms with Crippen LogP contribution in [0.25, 0.3) is 0 Å². The second-order valence-electron chi connectivity index (χ2n) is 2.79. The molecule has 3 N–H and O–H groups in total. The fraction of sp³-hybridized carbons (Fsp3) is 0.333. The number of hydrogen-bond donors (Lipinski definition) is 2. The molecule has 0 spiro atoms. The SMILES string of the molecule is CC(C)N.O=C(O)c1cccnc1. The van der Waals surface area contributed by atoms with Gasteiger partial charge in [0.15, 0.2) is 0 Å². The molecule has 0 aliphatic heterocycles. The summed E-state index contributed by atoms with van der Waals surface area (Å²) >= 11 is 0. The van der Waals surface area contributed by atoms with E-state index in [2.05, 4.69) is 4.98 Å².